The van der Waals surface area contributed by atoms with Crippen LogP contribution in [0.1, 0.15) is 6.92 Å². The molecule has 0 aliphatic rings. The van der Waals surface area contributed by atoms with Crippen molar-refractivity contribution in [1.29, 1.82) is 0 Å². The third-order valence-corrected chi connectivity index (χ3v) is 1.89. The van der Waals surface area contributed by atoms with Crippen molar-refractivity contribution in [2.45, 2.75) is 13.0 Å². The molecule has 1 atom stereocenters. The molecule has 1 aromatic rings. The molecule has 0 saturated heterocycles. The normalized spacial score (nSPS) is 11.6. The van der Waals surface area contributed by atoms with Crippen LogP contribution in [0, 0.1) is 0 Å². The van der Waals surface area contributed by atoms with Crippen LogP contribution in [0.5, 0.6) is 0 Å². The molecule has 0 spiro atoms. The number of nitrogens with one attached hydrogen (secondary N) is 2. The van der Waals surface area contributed by atoms with Gasteiger partial charge in [0.15, 0.2) is 0 Å². The van der Waals surface area contributed by atoms with E-state index in [4.69, 9.17) is 10.8 Å². The molecular formula is C10H13N3O3. The maximum absolute atomic E-state index is 11.5. The van der Waals surface area contributed by atoms with Crippen molar-refractivity contribution in [1.82, 2.24) is 5.32 Å². The average molecular weight is 223 g/mol. The summed E-state index contributed by atoms with van der Waals surface area (Å²) in [5, 5.41) is 13.0. The minimum Gasteiger partial charge on any atom is -0.465 e. The minimum absolute atomic E-state index is 0.437. The molecule has 0 aromatic heterocycles. The fourth-order valence-electron chi connectivity index (χ4n) is 1.12. The summed E-state index contributed by atoms with van der Waals surface area (Å²) in [5.41, 5.74) is 6.59. The van der Waals surface area contributed by atoms with E-state index in [-0.39, 0.29) is 0 Å². The molecule has 0 aliphatic heterocycles. The Morgan fingerprint density at radius 2 is 2.12 bits per heavy atom. The summed E-state index contributed by atoms with van der Waals surface area (Å²) in [7, 11) is 0. The first-order chi connectivity index (χ1) is 7.49. The molecule has 1 aromatic carbocycles. The Hall–Kier alpha value is -2.24. The summed E-state index contributed by atoms with van der Waals surface area (Å²) in [6.07, 6.45) is -1.24. The van der Waals surface area contributed by atoms with Gasteiger partial charge in [0.25, 0.3) is 0 Å². The molecule has 0 heterocycles. The molecule has 0 fully saturated rings. The first-order valence-electron chi connectivity index (χ1n) is 4.65. The molecular weight excluding hydrogens is 210 g/mol. The van der Waals surface area contributed by atoms with Crippen LogP contribution in [-0.4, -0.2) is 23.1 Å². The minimum atomic E-state index is -1.24. The van der Waals surface area contributed by atoms with Gasteiger partial charge < -0.3 is 21.5 Å². The Morgan fingerprint density at radius 3 is 2.69 bits per heavy atom. The smallest absolute Gasteiger partial charge is 0.405 e. The highest BCUT2D eigenvalue weighted by Crippen LogP contribution is 2.11. The van der Waals surface area contributed by atoms with Crippen molar-refractivity contribution >= 4 is 23.4 Å². The second kappa shape index (κ2) is 5.01. The highest BCUT2D eigenvalue weighted by molar-refractivity contribution is 5.96. The predicted octanol–water partition coefficient (Wildman–Crippen LogP) is 0.863. The molecule has 5 N–H and O–H groups in total. The van der Waals surface area contributed by atoms with Gasteiger partial charge in [-0.2, -0.15) is 0 Å². The lowest BCUT2D eigenvalue weighted by molar-refractivity contribution is -0.117. The van der Waals surface area contributed by atoms with Gasteiger partial charge in [-0.1, -0.05) is 6.07 Å². The maximum atomic E-state index is 11.5. The molecule has 1 rings (SSSR count). The van der Waals surface area contributed by atoms with Gasteiger partial charge in [-0.15, -0.1) is 0 Å². The number of hydrogen-bond donors (Lipinski definition) is 4. The lowest BCUT2D eigenvalue weighted by Crippen LogP contribution is -2.40. The van der Waals surface area contributed by atoms with E-state index in [0.717, 1.165) is 0 Å². The standard InChI is InChI=1S/C10H13N3O3/c1-6(12-10(15)16)9(14)13-8-4-2-3-7(11)5-8/h2-6,12H,11H2,1H3,(H,13,14)(H,15,16). The van der Waals surface area contributed by atoms with Crippen LogP contribution in [0.2, 0.25) is 0 Å². The molecule has 0 bridgehead atoms. The largest absolute Gasteiger partial charge is 0.465 e. The number of rotatable bonds is 3. The van der Waals surface area contributed by atoms with Crippen LogP contribution in [0.4, 0.5) is 16.2 Å². The Labute approximate surface area is 92.4 Å². The highest BCUT2D eigenvalue weighted by atomic mass is 16.4. The highest BCUT2D eigenvalue weighted by Gasteiger charge is 2.14. The van der Waals surface area contributed by atoms with E-state index in [1.807, 2.05) is 0 Å². The van der Waals surface area contributed by atoms with Crippen LogP contribution >= 0.6 is 0 Å². The zero-order valence-electron chi connectivity index (χ0n) is 8.73. The SMILES string of the molecule is CC(NC(=O)O)C(=O)Nc1cccc(N)c1. The summed E-state index contributed by atoms with van der Waals surface area (Å²) in [5.74, 6) is -0.437. The van der Waals surface area contributed by atoms with E-state index in [1.165, 1.54) is 6.92 Å². The van der Waals surface area contributed by atoms with Gasteiger partial charge in [0.1, 0.15) is 6.04 Å². The zero-order valence-corrected chi connectivity index (χ0v) is 8.73. The van der Waals surface area contributed by atoms with E-state index >= 15 is 0 Å². The number of carbonyl (C=O) groups excluding carboxylic acids is 1. The molecule has 16 heavy (non-hydrogen) atoms. The Kier molecular flexibility index (Phi) is 3.71. The van der Waals surface area contributed by atoms with Gasteiger partial charge in [-0.25, -0.2) is 4.79 Å². The number of benzene rings is 1. The quantitative estimate of drug-likeness (QED) is 0.570. The van der Waals surface area contributed by atoms with Gasteiger partial charge in [-0.05, 0) is 25.1 Å². The van der Waals surface area contributed by atoms with Crippen LogP contribution in [0.15, 0.2) is 24.3 Å². The Morgan fingerprint density at radius 1 is 1.44 bits per heavy atom. The number of nitrogen functional groups attached to an aromatic ring is 1. The summed E-state index contributed by atoms with van der Waals surface area (Å²) < 4.78 is 0. The van der Waals surface area contributed by atoms with Crippen molar-refractivity contribution in [3.05, 3.63) is 24.3 Å². The van der Waals surface area contributed by atoms with E-state index in [2.05, 4.69) is 10.6 Å². The fraction of sp³-hybridized carbons (Fsp3) is 0.200. The molecule has 86 valence electrons. The number of carbonyl (C=O) groups is 2. The van der Waals surface area contributed by atoms with Gasteiger partial charge in [-0.3, -0.25) is 4.79 Å². The van der Waals surface area contributed by atoms with Crippen LogP contribution in [0.3, 0.4) is 0 Å². The van der Waals surface area contributed by atoms with Crippen LogP contribution < -0.4 is 16.4 Å². The van der Waals surface area contributed by atoms with Crippen LogP contribution in [0.25, 0.3) is 0 Å². The van der Waals surface area contributed by atoms with E-state index in [0.29, 0.717) is 11.4 Å². The lowest BCUT2D eigenvalue weighted by atomic mass is 10.2. The lowest BCUT2D eigenvalue weighted by Gasteiger charge is -2.12. The first kappa shape index (κ1) is 11.8. The van der Waals surface area contributed by atoms with Crippen molar-refractivity contribution in [3.8, 4) is 0 Å². The Bertz CT molecular complexity index is 406. The molecule has 0 aliphatic carbocycles. The average Bonchev–Trinajstić information content (AvgIpc) is 2.16. The molecule has 2 amide bonds. The number of carboxylic acid groups (broad SMARTS) is 1. The van der Waals surface area contributed by atoms with Crippen molar-refractivity contribution in [2.24, 2.45) is 0 Å². The van der Waals surface area contributed by atoms with E-state index < -0.39 is 18.0 Å². The molecule has 1 unspecified atom stereocenters. The molecule has 6 heteroatoms. The van der Waals surface area contributed by atoms with Gasteiger partial charge in [0.2, 0.25) is 5.91 Å². The van der Waals surface area contributed by atoms with Crippen molar-refractivity contribution in [2.75, 3.05) is 11.1 Å². The second-order valence-electron chi connectivity index (χ2n) is 3.29. The second-order valence-corrected chi connectivity index (χ2v) is 3.29. The fourth-order valence-corrected chi connectivity index (χ4v) is 1.12. The predicted molar refractivity (Wildman–Crippen MR) is 60.1 cm³/mol. The summed E-state index contributed by atoms with van der Waals surface area (Å²) in [6.45, 7) is 1.45. The van der Waals surface area contributed by atoms with Crippen LogP contribution in [-0.2, 0) is 4.79 Å². The monoisotopic (exact) mass is 223 g/mol. The van der Waals surface area contributed by atoms with Gasteiger partial charge >= 0.3 is 6.09 Å². The summed E-state index contributed by atoms with van der Waals surface area (Å²) >= 11 is 0. The zero-order chi connectivity index (χ0) is 12.1. The topological polar surface area (TPSA) is 104 Å². The number of amides is 2. The first-order valence-corrected chi connectivity index (χ1v) is 4.65. The third-order valence-electron chi connectivity index (χ3n) is 1.89. The number of nitrogens with two attached hydrogens (primary N) is 1. The number of anilines is 2. The van der Waals surface area contributed by atoms with Gasteiger partial charge in [0.05, 0.1) is 0 Å². The maximum Gasteiger partial charge on any atom is 0.405 e. The van der Waals surface area contributed by atoms with Crippen molar-refractivity contribution < 1.29 is 14.7 Å². The summed E-state index contributed by atoms with van der Waals surface area (Å²) in [6, 6.07) is 5.82. The van der Waals surface area contributed by atoms with Crippen molar-refractivity contribution in [3.63, 3.8) is 0 Å². The Balaban J connectivity index is 2.60. The molecule has 0 radical (unpaired) electrons. The summed E-state index contributed by atoms with van der Waals surface area (Å²) in [4.78, 5) is 21.8. The number of hydrogen-bond acceptors (Lipinski definition) is 3. The van der Waals surface area contributed by atoms with Gasteiger partial charge in [0, 0.05) is 11.4 Å². The van der Waals surface area contributed by atoms with E-state index in [9.17, 15) is 9.59 Å². The van der Waals surface area contributed by atoms with E-state index in [1.54, 1.807) is 24.3 Å². The third kappa shape index (κ3) is 3.49. The molecule has 0 saturated carbocycles. The molecule has 6 nitrogen and oxygen atoms in total.